The van der Waals surface area contributed by atoms with Crippen molar-refractivity contribution in [3.05, 3.63) is 18.5 Å². The summed E-state index contributed by atoms with van der Waals surface area (Å²) in [5, 5.41) is 14.3. The highest BCUT2D eigenvalue weighted by atomic mass is 16.3. The minimum atomic E-state index is -0.159. The molecule has 0 saturated heterocycles. The summed E-state index contributed by atoms with van der Waals surface area (Å²) in [6.45, 7) is 6.93. The van der Waals surface area contributed by atoms with E-state index in [0.29, 0.717) is 17.4 Å². The Bertz CT molecular complexity index is 345. The topological polar surface area (TPSA) is 38.0 Å². The maximum absolute atomic E-state index is 9.89. The largest absolute Gasteiger partial charge is 0.393 e. The van der Waals surface area contributed by atoms with Crippen LogP contribution in [0.2, 0.25) is 0 Å². The van der Waals surface area contributed by atoms with Crippen LogP contribution in [0.5, 0.6) is 0 Å². The molecule has 1 aliphatic carbocycles. The van der Waals surface area contributed by atoms with Crippen molar-refractivity contribution in [3.8, 4) is 0 Å². The molecule has 0 amide bonds. The molecule has 1 heterocycles. The van der Waals surface area contributed by atoms with E-state index in [1.165, 1.54) is 6.42 Å². The Balaban J connectivity index is 2.24. The summed E-state index contributed by atoms with van der Waals surface area (Å²) in [5.74, 6) is 0.607. The number of aliphatic hydroxyl groups excluding tert-OH is 1. The predicted octanol–water partition coefficient (Wildman–Crippen LogP) is 3.02. The molecule has 1 aromatic heterocycles. The van der Waals surface area contributed by atoms with Gasteiger partial charge in [0.1, 0.15) is 0 Å². The number of hydrogen-bond acceptors (Lipinski definition) is 2. The molecule has 0 radical (unpaired) electrons. The van der Waals surface area contributed by atoms with Crippen molar-refractivity contribution in [3.63, 3.8) is 0 Å². The lowest BCUT2D eigenvalue weighted by Crippen LogP contribution is -2.38. The second kappa shape index (κ2) is 4.81. The Morgan fingerprint density at radius 2 is 2.18 bits per heavy atom. The number of aromatic nitrogens is 2. The van der Waals surface area contributed by atoms with Crippen LogP contribution in [0.4, 0.5) is 0 Å². The van der Waals surface area contributed by atoms with Gasteiger partial charge in [0.25, 0.3) is 0 Å². The first-order valence-corrected chi connectivity index (χ1v) is 6.72. The van der Waals surface area contributed by atoms with Crippen LogP contribution in [0.15, 0.2) is 18.5 Å². The van der Waals surface area contributed by atoms with Crippen molar-refractivity contribution in [2.75, 3.05) is 0 Å². The van der Waals surface area contributed by atoms with E-state index in [1.54, 1.807) is 0 Å². The minimum absolute atomic E-state index is 0.159. The molecule has 1 aliphatic rings. The highest BCUT2D eigenvalue weighted by Crippen LogP contribution is 2.45. The van der Waals surface area contributed by atoms with Gasteiger partial charge in [0.2, 0.25) is 0 Å². The van der Waals surface area contributed by atoms with Crippen LogP contribution in [-0.2, 0) is 0 Å². The Morgan fingerprint density at radius 3 is 2.76 bits per heavy atom. The number of rotatable bonds is 3. The zero-order valence-corrected chi connectivity index (χ0v) is 11.1. The van der Waals surface area contributed by atoms with E-state index in [2.05, 4.69) is 25.9 Å². The molecule has 96 valence electrons. The van der Waals surface area contributed by atoms with Gasteiger partial charge in [0, 0.05) is 12.4 Å². The molecule has 17 heavy (non-hydrogen) atoms. The molecule has 0 aromatic carbocycles. The summed E-state index contributed by atoms with van der Waals surface area (Å²) in [7, 11) is 0. The Kier molecular flexibility index (Phi) is 3.57. The summed E-state index contributed by atoms with van der Waals surface area (Å²) in [6.07, 6.45) is 7.76. The first-order valence-electron chi connectivity index (χ1n) is 6.72. The van der Waals surface area contributed by atoms with Gasteiger partial charge in [0.15, 0.2) is 0 Å². The fourth-order valence-electron chi connectivity index (χ4n) is 3.07. The molecule has 0 bridgehead atoms. The normalized spacial score (nSPS) is 30.5. The Morgan fingerprint density at radius 1 is 1.41 bits per heavy atom. The maximum atomic E-state index is 9.89. The third-order valence-electron chi connectivity index (χ3n) is 4.57. The van der Waals surface area contributed by atoms with E-state index in [1.807, 2.05) is 23.1 Å². The fraction of sp³-hybridized carbons (Fsp3) is 0.786. The monoisotopic (exact) mass is 236 g/mol. The van der Waals surface area contributed by atoms with Crippen molar-refractivity contribution in [1.82, 2.24) is 9.78 Å². The first kappa shape index (κ1) is 12.6. The van der Waals surface area contributed by atoms with Crippen LogP contribution in [-0.4, -0.2) is 21.0 Å². The predicted molar refractivity (Wildman–Crippen MR) is 68.7 cm³/mol. The smallest absolute Gasteiger partial charge is 0.0577 e. The van der Waals surface area contributed by atoms with E-state index in [0.717, 1.165) is 19.3 Å². The van der Waals surface area contributed by atoms with Crippen molar-refractivity contribution in [2.45, 2.75) is 58.6 Å². The Hall–Kier alpha value is -0.830. The summed E-state index contributed by atoms with van der Waals surface area (Å²) >= 11 is 0. The van der Waals surface area contributed by atoms with Crippen LogP contribution in [0, 0.1) is 11.3 Å². The van der Waals surface area contributed by atoms with Crippen molar-refractivity contribution in [2.24, 2.45) is 11.3 Å². The molecule has 3 nitrogen and oxygen atoms in total. The van der Waals surface area contributed by atoms with Gasteiger partial charge in [-0.2, -0.15) is 5.10 Å². The molecule has 3 unspecified atom stereocenters. The molecule has 1 saturated carbocycles. The Labute approximate surface area is 104 Å². The van der Waals surface area contributed by atoms with Crippen LogP contribution in [0.3, 0.4) is 0 Å². The van der Waals surface area contributed by atoms with Crippen molar-refractivity contribution in [1.29, 1.82) is 0 Å². The minimum Gasteiger partial charge on any atom is -0.393 e. The van der Waals surface area contributed by atoms with Crippen LogP contribution in [0.25, 0.3) is 0 Å². The third-order valence-corrected chi connectivity index (χ3v) is 4.57. The average Bonchev–Trinajstić information content (AvgIpc) is 2.82. The molecule has 1 N–H and O–H groups in total. The highest BCUT2D eigenvalue weighted by Gasteiger charge is 2.39. The van der Waals surface area contributed by atoms with Crippen molar-refractivity contribution < 1.29 is 5.11 Å². The second-order valence-electron chi connectivity index (χ2n) is 5.97. The van der Waals surface area contributed by atoms with Gasteiger partial charge in [0.05, 0.1) is 12.1 Å². The number of nitrogens with zero attached hydrogens (tertiary/aromatic N) is 2. The van der Waals surface area contributed by atoms with Crippen LogP contribution in [0.1, 0.15) is 52.5 Å². The summed E-state index contributed by atoms with van der Waals surface area (Å²) in [6, 6.07) is 2.32. The standard InChI is InChI=1S/C14H24N2O/c1-4-14(2,3)12-7-6-11(17)10-13(12)16-9-5-8-15-16/h5,8-9,11-13,17H,4,6-7,10H2,1-3H3. The fourth-order valence-corrected chi connectivity index (χ4v) is 3.07. The number of hydrogen-bond donors (Lipinski definition) is 1. The van der Waals surface area contributed by atoms with E-state index in [9.17, 15) is 5.11 Å². The quantitative estimate of drug-likeness (QED) is 0.876. The molecule has 1 aromatic rings. The second-order valence-corrected chi connectivity index (χ2v) is 5.97. The van der Waals surface area contributed by atoms with Crippen molar-refractivity contribution >= 4 is 0 Å². The molecule has 1 fully saturated rings. The maximum Gasteiger partial charge on any atom is 0.0577 e. The molecule has 3 atom stereocenters. The molecular weight excluding hydrogens is 212 g/mol. The highest BCUT2D eigenvalue weighted by molar-refractivity contribution is 4.93. The number of aliphatic hydroxyl groups is 1. The van der Waals surface area contributed by atoms with E-state index in [-0.39, 0.29) is 6.10 Å². The summed E-state index contributed by atoms with van der Waals surface area (Å²) < 4.78 is 2.05. The lowest BCUT2D eigenvalue weighted by atomic mass is 9.66. The van der Waals surface area contributed by atoms with Gasteiger partial charge in [-0.05, 0) is 36.7 Å². The zero-order valence-electron chi connectivity index (χ0n) is 11.1. The lowest BCUT2D eigenvalue weighted by Gasteiger charge is -2.43. The summed E-state index contributed by atoms with van der Waals surface area (Å²) in [4.78, 5) is 0. The van der Waals surface area contributed by atoms with E-state index in [4.69, 9.17) is 0 Å². The van der Waals surface area contributed by atoms with Gasteiger partial charge < -0.3 is 5.11 Å². The SMILES string of the molecule is CCC(C)(C)C1CCC(O)CC1n1cccn1. The molecule has 0 aliphatic heterocycles. The third kappa shape index (κ3) is 2.54. The van der Waals surface area contributed by atoms with Gasteiger partial charge in [-0.25, -0.2) is 0 Å². The lowest BCUT2D eigenvalue weighted by molar-refractivity contribution is 0.0172. The van der Waals surface area contributed by atoms with Crippen LogP contribution >= 0.6 is 0 Å². The molecule has 3 heteroatoms. The van der Waals surface area contributed by atoms with E-state index < -0.39 is 0 Å². The summed E-state index contributed by atoms with van der Waals surface area (Å²) in [5.41, 5.74) is 0.316. The van der Waals surface area contributed by atoms with Gasteiger partial charge in [-0.15, -0.1) is 0 Å². The molecule has 2 rings (SSSR count). The van der Waals surface area contributed by atoms with Gasteiger partial charge in [-0.1, -0.05) is 27.2 Å². The van der Waals surface area contributed by atoms with Crippen LogP contribution < -0.4 is 0 Å². The molecule has 0 spiro atoms. The van der Waals surface area contributed by atoms with Gasteiger partial charge >= 0.3 is 0 Å². The average molecular weight is 236 g/mol. The zero-order chi connectivity index (χ0) is 12.5. The molecular formula is C14H24N2O. The first-order chi connectivity index (χ1) is 8.04. The van der Waals surface area contributed by atoms with E-state index >= 15 is 0 Å². The van der Waals surface area contributed by atoms with Gasteiger partial charge in [-0.3, -0.25) is 4.68 Å².